The van der Waals surface area contributed by atoms with Crippen molar-refractivity contribution in [2.45, 2.75) is 13.0 Å². The first-order valence-electron chi connectivity index (χ1n) is 6.68. The van der Waals surface area contributed by atoms with E-state index in [0.29, 0.717) is 19.1 Å². The number of hydrogen-bond donors (Lipinski definition) is 1. The molecule has 1 saturated heterocycles. The number of thiophene rings is 1. The van der Waals surface area contributed by atoms with Crippen molar-refractivity contribution in [2.24, 2.45) is 5.92 Å². The molecule has 2 aromatic heterocycles. The lowest BCUT2D eigenvalue weighted by atomic mass is 10.1. The number of carbonyl (C=O) groups excluding carboxylic acids is 1. The molecule has 1 amide bonds. The smallest absolute Gasteiger partial charge is 0.387 e. The molecule has 0 radical (unpaired) electrons. The standard InChI is InChI=1S/C13H15N3O4S/c17-11(14-6-9-3-4-19-8-9)7-16-13(18)20-12(15-16)10-2-1-5-21-10/h1-2,5,9H,3-4,6-8H2,(H,14,17)/t9-/m1/s1. The molecule has 1 N–H and O–H groups in total. The van der Waals surface area contributed by atoms with Crippen molar-refractivity contribution in [3.8, 4) is 10.8 Å². The first kappa shape index (κ1) is 14.0. The average Bonchev–Trinajstić information content (AvgIpc) is 3.18. The van der Waals surface area contributed by atoms with Crippen molar-refractivity contribution >= 4 is 17.2 Å². The van der Waals surface area contributed by atoms with Crippen LogP contribution in [0.15, 0.2) is 26.7 Å². The Hall–Kier alpha value is -1.93. The predicted molar refractivity (Wildman–Crippen MR) is 76.0 cm³/mol. The minimum absolute atomic E-state index is 0.138. The maximum atomic E-state index is 11.8. The molecule has 21 heavy (non-hydrogen) atoms. The second-order valence-corrected chi connectivity index (χ2v) is 5.79. The van der Waals surface area contributed by atoms with Crippen molar-refractivity contribution in [1.82, 2.24) is 15.1 Å². The summed E-state index contributed by atoms with van der Waals surface area (Å²) >= 11 is 1.42. The molecular weight excluding hydrogens is 294 g/mol. The largest absolute Gasteiger partial charge is 0.437 e. The molecule has 2 aromatic rings. The lowest BCUT2D eigenvalue weighted by Crippen LogP contribution is -2.34. The Bertz CT molecular complexity index is 655. The molecule has 112 valence electrons. The van der Waals surface area contributed by atoms with Crippen LogP contribution in [0.25, 0.3) is 10.8 Å². The van der Waals surface area contributed by atoms with Gasteiger partial charge in [0.2, 0.25) is 5.91 Å². The lowest BCUT2D eigenvalue weighted by molar-refractivity contribution is -0.122. The Labute approximate surface area is 124 Å². The van der Waals surface area contributed by atoms with Gasteiger partial charge in [-0.2, -0.15) is 4.68 Å². The second kappa shape index (κ2) is 6.23. The van der Waals surface area contributed by atoms with Gasteiger partial charge in [-0.15, -0.1) is 16.4 Å². The van der Waals surface area contributed by atoms with Crippen LogP contribution >= 0.6 is 11.3 Å². The molecule has 0 unspecified atom stereocenters. The summed E-state index contributed by atoms with van der Waals surface area (Å²) < 4.78 is 11.3. The number of hydrogen-bond acceptors (Lipinski definition) is 6. The van der Waals surface area contributed by atoms with Crippen molar-refractivity contribution in [3.05, 3.63) is 28.1 Å². The third-order valence-corrected chi connectivity index (χ3v) is 4.10. The summed E-state index contributed by atoms with van der Waals surface area (Å²) in [6.45, 7) is 1.84. The lowest BCUT2D eigenvalue weighted by Gasteiger charge is -2.08. The van der Waals surface area contributed by atoms with E-state index < -0.39 is 5.76 Å². The predicted octanol–water partition coefficient (Wildman–Crippen LogP) is 0.717. The normalized spacial score (nSPS) is 18.0. The number of nitrogens with zero attached hydrogens (tertiary/aromatic N) is 2. The van der Waals surface area contributed by atoms with Gasteiger partial charge in [0.1, 0.15) is 6.54 Å². The molecule has 0 aliphatic carbocycles. The minimum Gasteiger partial charge on any atom is -0.387 e. The molecule has 0 spiro atoms. The molecule has 0 aromatic carbocycles. The summed E-state index contributed by atoms with van der Waals surface area (Å²) in [7, 11) is 0. The third kappa shape index (κ3) is 3.40. The zero-order valence-electron chi connectivity index (χ0n) is 11.3. The van der Waals surface area contributed by atoms with E-state index in [4.69, 9.17) is 9.15 Å². The number of amides is 1. The first-order chi connectivity index (χ1) is 10.2. The molecular formula is C13H15N3O4S. The van der Waals surface area contributed by atoms with E-state index >= 15 is 0 Å². The van der Waals surface area contributed by atoms with Crippen LogP contribution in [0.4, 0.5) is 0 Å². The molecule has 3 rings (SSSR count). The summed E-state index contributed by atoms with van der Waals surface area (Å²) in [4.78, 5) is 24.3. The highest BCUT2D eigenvalue weighted by atomic mass is 32.1. The van der Waals surface area contributed by atoms with Gasteiger partial charge in [-0.25, -0.2) is 4.79 Å². The van der Waals surface area contributed by atoms with Gasteiger partial charge in [0.05, 0.1) is 11.5 Å². The van der Waals surface area contributed by atoms with E-state index in [1.165, 1.54) is 11.3 Å². The fourth-order valence-electron chi connectivity index (χ4n) is 2.10. The Morgan fingerprint density at radius 3 is 3.19 bits per heavy atom. The van der Waals surface area contributed by atoms with Gasteiger partial charge in [0.25, 0.3) is 5.89 Å². The number of ether oxygens (including phenoxy) is 1. The van der Waals surface area contributed by atoms with Crippen LogP contribution in [-0.4, -0.2) is 35.4 Å². The maximum Gasteiger partial charge on any atom is 0.437 e. The van der Waals surface area contributed by atoms with Gasteiger partial charge in [-0.05, 0) is 17.9 Å². The molecule has 0 saturated carbocycles. The van der Waals surface area contributed by atoms with Crippen LogP contribution < -0.4 is 11.1 Å². The van der Waals surface area contributed by atoms with Crippen LogP contribution in [0.1, 0.15) is 6.42 Å². The van der Waals surface area contributed by atoms with Gasteiger partial charge in [0.15, 0.2) is 0 Å². The quantitative estimate of drug-likeness (QED) is 0.879. The van der Waals surface area contributed by atoms with Crippen LogP contribution in [0, 0.1) is 5.92 Å². The SMILES string of the molecule is O=C(Cn1nc(-c2cccs2)oc1=O)NC[C@H]1CCOC1. The highest BCUT2D eigenvalue weighted by Crippen LogP contribution is 2.20. The molecule has 0 bridgehead atoms. The number of nitrogens with one attached hydrogen (secondary N) is 1. The first-order valence-corrected chi connectivity index (χ1v) is 7.56. The maximum absolute atomic E-state index is 11.8. The van der Waals surface area contributed by atoms with Gasteiger partial charge in [0, 0.05) is 19.1 Å². The van der Waals surface area contributed by atoms with Gasteiger partial charge in [-0.3, -0.25) is 4.79 Å². The third-order valence-electron chi connectivity index (χ3n) is 3.24. The van der Waals surface area contributed by atoms with Gasteiger partial charge < -0.3 is 14.5 Å². The van der Waals surface area contributed by atoms with Gasteiger partial charge >= 0.3 is 5.76 Å². The zero-order chi connectivity index (χ0) is 14.7. The Kier molecular flexibility index (Phi) is 4.16. The van der Waals surface area contributed by atoms with E-state index in [1.807, 2.05) is 11.4 Å². The summed E-state index contributed by atoms with van der Waals surface area (Å²) in [6, 6.07) is 3.65. The summed E-state index contributed by atoms with van der Waals surface area (Å²) in [5.74, 6) is -0.288. The van der Waals surface area contributed by atoms with Crippen LogP contribution in [0.2, 0.25) is 0 Å². The monoisotopic (exact) mass is 309 g/mol. The van der Waals surface area contributed by atoms with E-state index in [0.717, 1.165) is 22.6 Å². The molecule has 1 aliphatic rings. The number of aromatic nitrogens is 2. The van der Waals surface area contributed by atoms with Crippen molar-refractivity contribution in [1.29, 1.82) is 0 Å². The Morgan fingerprint density at radius 2 is 2.48 bits per heavy atom. The molecule has 1 atom stereocenters. The zero-order valence-corrected chi connectivity index (χ0v) is 12.1. The average molecular weight is 309 g/mol. The van der Waals surface area contributed by atoms with E-state index in [-0.39, 0.29) is 18.3 Å². The summed E-state index contributed by atoms with van der Waals surface area (Å²) in [5.41, 5.74) is 0. The van der Waals surface area contributed by atoms with Crippen LogP contribution in [0.3, 0.4) is 0 Å². The van der Waals surface area contributed by atoms with Crippen molar-refractivity contribution in [2.75, 3.05) is 19.8 Å². The van der Waals surface area contributed by atoms with E-state index in [1.54, 1.807) is 6.07 Å². The number of carbonyl (C=O) groups is 1. The summed E-state index contributed by atoms with van der Waals surface area (Å²) in [5, 5.41) is 8.69. The van der Waals surface area contributed by atoms with Gasteiger partial charge in [-0.1, -0.05) is 6.07 Å². The second-order valence-electron chi connectivity index (χ2n) is 4.84. The molecule has 3 heterocycles. The van der Waals surface area contributed by atoms with Crippen molar-refractivity contribution in [3.63, 3.8) is 0 Å². The number of rotatable bonds is 5. The highest BCUT2D eigenvalue weighted by molar-refractivity contribution is 7.13. The van der Waals surface area contributed by atoms with Crippen molar-refractivity contribution < 1.29 is 13.9 Å². The Balaban J connectivity index is 1.59. The molecule has 1 aliphatic heterocycles. The minimum atomic E-state index is -0.627. The van der Waals surface area contributed by atoms with E-state index in [9.17, 15) is 9.59 Å². The summed E-state index contributed by atoms with van der Waals surface area (Å²) in [6.07, 6.45) is 0.951. The van der Waals surface area contributed by atoms with E-state index in [2.05, 4.69) is 10.4 Å². The molecule has 1 fully saturated rings. The molecule has 7 nitrogen and oxygen atoms in total. The highest BCUT2D eigenvalue weighted by Gasteiger charge is 2.18. The molecule has 8 heteroatoms. The topological polar surface area (TPSA) is 86.4 Å². The fraction of sp³-hybridized carbons (Fsp3) is 0.462. The van der Waals surface area contributed by atoms with Crippen LogP contribution in [-0.2, 0) is 16.1 Å². The Morgan fingerprint density at radius 1 is 1.57 bits per heavy atom. The fourth-order valence-corrected chi connectivity index (χ4v) is 2.74. The van der Waals surface area contributed by atoms with Crippen LogP contribution in [0.5, 0.6) is 0 Å².